The first-order valence-electron chi connectivity index (χ1n) is 8.39. The Labute approximate surface area is 175 Å². The standard InChI is InChI=1S/C17H24N6O3.HI/c1-18-15(25)13-5-3-4-12(10-13)6-7-20-16(19-2)21-8-9-23-14(24)11-22-17(23)26;/h3-5,10H,6-9,11H2,1-2H3,(H,18,25)(H,22,26)(H2,19,20,21);1H. The second-order valence-electron chi connectivity index (χ2n) is 5.66. The molecule has 2 rings (SSSR count). The van der Waals surface area contributed by atoms with Gasteiger partial charge in [0.2, 0.25) is 5.91 Å². The molecule has 4 N–H and O–H groups in total. The van der Waals surface area contributed by atoms with Gasteiger partial charge in [0.25, 0.3) is 5.91 Å². The number of hydrogen-bond acceptors (Lipinski definition) is 4. The summed E-state index contributed by atoms with van der Waals surface area (Å²) in [5, 5.41) is 11.3. The summed E-state index contributed by atoms with van der Waals surface area (Å²) in [6, 6.07) is 7.07. The highest BCUT2D eigenvalue weighted by Gasteiger charge is 2.27. The molecule has 4 amide bonds. The molecule has 0 unspecified atom stereocenters. The van der Waals surface area contributed by atoms with Gasteiger partial charge in [-0.25, -0.2) is 4.79 Å². The molecule has 0 bridgehead atoms. The van der Waals surface area contributed by atoms with Crippen molar-refractivity contribution in [2.45, 2.75) is 6.42 Å². The lowest BCUT2D eigenvalue weighted by molar-refractivity contribution is -0.124. The van der Waals surface area contributed by atoms with E-state index in [1.807, 2.05) is 18.2 Å². The molecule has 1 aliphatic heterocycles. The van der Waals surface area contributed by atoms with Gasteiger partial charge in [-0.3, -0.25) is 19.5 Å². The maximum atomic E-state index is 11.7. The van der Waals surface area contributed by atoms with Crippen LogP contribution in [0.4, 0.5) is 4.79 Å². The van der Waals surface area contributed by atoms with Crippen molar-refractivity contribution >= 4 is 47.8 Å². The van der Waals surface area contributed by atoms with Crippen molar-refractivity contribution in [1.82, 2.24) is 26.2 Å². The van der Waals surface area contributed by atoms with E-state index in [1.54, 1.807) is 20.2 Å². The van der Waals surface area contributed by atoms with Gasteiger partial charge in [-0.15, -0.1) is 24.0 Å². The second-order valence-corrected chi connectivity index (χ2v) is 5.66. The molecule has 0 aliphatic carbocycles. The molecule has 1 aromatic carbocycles. The number of halogens is 1. The van der Waals surface area contributed by atoms with Crippen molar-refractivity contribution in [3.8, 4) is 0 Å². The van der Waals surface area contributed by atoms with Crippen LogP contribution in [0.25, 0.3) is 0 Å². The first kappa shape index (κ1) is 22.7. The number of rotatable bonds is 7. The van der Waals surface area contributed by atoms with E-state index in [9.17, 15) is 14.4 Å². The zero-order valence-corrected chi connectivity index (χ0v) is 17.7. The minimum atomic E-state index is -0.365. The summed E-state index contributed by atoms with van der Waals surface area (Å²) in [7, 11) is 3.25. The molecule has 1 saturated heterocycles. The lowest BCUT2D eigenvalue weighted by Gasteiger charge is -2.15. The van der Waals surface area contributed by atoms with Gasteiger partial charge >= 0.3 is 6.03 Å². The highest BCUT2D eigenvalue weighted by molar-refractivity contribution is 14.0. The second kappa shape index (κ2) is 11.4. The number of carbonyl (C=O) groups is 3. The van der Waals surface area contributed by atoms with E-state index in [0.29, 0.717) is 24.6 Å². The van der Waals surface area contributed by atoms with Crippen molar-refractivity contribution in [3.05, 3.63) is 35.4 Å². The molecular weight excluding hydrogens is 463 g/mol. The Morgan fingerprint density at radius 3 is 2.63 bits per heavy atom. The fourth-order valence-corrected chi connectivity index (χ4v) is 2.53. The fraction of sp³-hybridized carbons (Fsp3) is 0.412. The zero-order valence-electron chi connectivity index (χ0n) is 15.4. The van der Waals surface area contributed by atoms with E-state index < -0.39 is 0 Å². The van der Waals surface area contributed by atoms with Crippen LogP contribution in [0, 0.1) is 0 Å². The number of hydrogen-bond donors (Lipinski definition) is 4. The van der Waals surface area contributed by atoms with Gasteiger partial charge in [0.15, 0.2) is 5.96 Å². The third-order valence-corrected chi connectivity index (χ3v) is 3.91. The predicted octanol–water partition coefficient (Wildman–Crippen LogP) is -0.0765. The summed E-state index contributed by atoms with van der Waals surface area (Å²) in [5.41, 5.74) is 1.66. The van der Waals surface area contributed by atoms with Gasteiger partial charge in [-0.2, -0.15) is 0 Å². The van der Waals surface area contributed by atoms with Gasteiger partial charge < -0.3 is 21.3 Å². The molecule has 1 fully saturated rings. The lowest BCUT2D eigenvalue weighted by Crippen LogP contribution is -2.43. The van der Waals surface area contributed by atoms with Crippen LogP contribution in [-0.2, 0) is 11.2 Å². The smallest absolute Gasteiger partial charge is 0.324 e. The van der Waals surface area contributed by atoms with Crippen LogP contribution in [-0.4, -0.2) is 69.0 Å². The van der Waals surface area contributed by atoms with Crippen LogP contribution in [0.3, 0.4) is 0 Å². The van der Waals surface area contributed by atoms with E-state index in [2.05, 4.69) is 26.3 Å². The summed E-state index contributed by atoms with van der Waals surface area (Å²) in [5.74, 6) is 0.244. The zero-order chi connectivity index (χ0) is 18.9. The van der Waals surface area contributed by atoms with Crippen molar-refractivity contribution < 1.29 is 14.4 Å². The topological polar surface area (TPSA) is 115 Å². The van der Waals surface area contributed by atoms with Crippen LogP contribution in [0.1, 0.15) is 15.9 Å². The largest absolute Gasteiger partial charge is 0.356 e. The Morgan fingerprint density at radius 2 is 2.00 bits per heavy atom. The van der Waals surface area contributed by atoms with Crippen LogP contribution in [0.5, 0.6) is 0 Å². The predicted molar refractivity (Wildman–Crippen MR) is 113 cm³/mol. The molecular formula is C17H25IN6O3. The highest BCUT2D eigenvalue weighted by atomic mass is 127. The van der Waals surface area contributed by atoms with Gasteiger partial charge in [0, 0.05) is 39.3 Å². The summed E-state index contributed by atoms with van der Waals surface area (Å²) in [4.78, 5) is 39.9. The third kappa shape index (κ3) is 6.70. The Balaban J connectivity index is 0.00000364. The van der Waals surface area contributed by atoms with Crippen molar-refractivity contribution in [3.63, 3.8) is 0 Å². The van der Waals surface area contributed by atoms with Gasteiger partial charge in [0.1, 0.15) is 0 Å². The van der Waals surface area contributed by atoms with Gasteiger partial charge in [-0.1, -0.05) is 12.1 Å². The minimum absolute atomic E-state index is 0. The molecule has 0 aromatic heterocycles. The summed E-state index contributed by atoms with van der Waals surface area (Å²) in [6.45, 7) is 1.37. The Kier molecular flexibility index (Phi) is 9.54. The van der Waals surface area contributed by atoms with Crippen LogP contribution in [0.15, 0.2) is 29.3 Å². The number of guanidine groups is 1. The van der Waals surface area contributed by atoms with Gasteiger partial charge in [-0.05, 0) is 24.1 Å². The maximum Gasteiger partial charge on any atom is 0.324 e. The molecule has 0 radical (unpaired) electrons. The molecule has 0 saturated carbocycles. The Morgan fingerprint density at radius 1 is 1.26 bits per heavy atom. The van der Waals surface area contributed by atoms with Crippen molar-refractivity contribution in [1.29, 1.82) is 0 Å². The van der Waals surface area contributed by atoms with Crippen LogP contribution < -0.4 is 21.3 Å². The molecule has 148 valence electrons. The third-order valence-electron chi connectivity index (χ3n) is 3.91. The molecule has 1 aromatic rings. The summed E-state index contributed by atoms with van der Waals surface area (Å²) >= 11 is 0. The Bertz CT molecular complexity index is 694. The maximum absolute atomic E-state index is 11.7. The molecule has 0 atom stereocenters. The molecule has 0 spiro atoms. The monoisotopic (exact) mass is 488 g/mol. The average molecular weight is 488 g/mol. The van der Waals surface area contributed by atoms with E-state index >= 15 is 0 Å². The van der Waals surface area contributed by atoms with E-state index in [0.717, 1.165) is 12.0 Å². The van der Waals surface area contributed by atoms with E-state index in [-0.39, 0.29) is 54.9 Å². The number of aliphatic imine (C=N–C) groups is 1. The number of imide groups is 1. The normalized spacial score (nSPS) is 13.7. The molecule has 9 nitrogen and oxygen atoms in total. The summed E-state index contributed by atoms with van der Waals surface area (Å²) < 4.78 is 0. The van der Waals surface area contributed by atoms with E-state index in [1.165, 1.54) is 4.90 Å². The fourth-order valence-electron chi connectivity index (χ4n) is 2.53. The minimum Gasteiger partial charge on any atom is -0.356 e. The summed E-state index contributed by atoms with van der Waals surface area (Å²) in [6.07, 6.45) is 0.721. The lowest BCUT2D eigenvalue weighted by atomic mass is 10.1. The van der Waals surface area contributed by atoms with Crippen LogP contribution in [0.2, 0.25) is 0 Å². The number of urea groups is 1. The molecule has 27 heavy (non-hydrogen) atoms. The number of carbonyl (C=O) groups excluding carboxylic acids is 3. The molecule has 1 heterocycles. The van der Waals surface area contributed by atoms with Crippen molar-refractivity contribution in [2.24, 2.45) is 4.99 Å². The number of nitrogens with zero attached hydrogens (tertiary/aromatic N) is 2. The van der Waals surface area contributed by atoms with Crippen LogP contribution >= 0.6 is 24.0 Å². The highest BCUT2D eigenvalue weighted by Crippen LogP contribution is 2.05. The Hall–Kier alpha value is -2.37. The van der Waals surface area contributed by atoms with Gasteiger partial charge in [0.05, 0.1) is 6.54 Å². The van der Waals surface area contributed by atoms with Crippen molar-refractivity contribution in [2.75, 3.05) is 40.3 Å². The first-order chi connectivity index (χ1) is 12.5. The molecule has 1 aliphatic rings. The number of nitrogens with one attached hydrogen (secondary N) is 4. The molecule has 10 heteroatoms. The number of amides is 4. The first-order valence-corrected chi connectivity index (χ1v) is 8.39. The quantitative estimate of drug-likeness (QED) is 0.186. The average Bonchev–Trinajstić information content (AvgIpc) is 2.98. The van der Waals surface area contributed by atoms with E-state index in [4.69, 9.17) is 0 Å². The number of benzene rings is 1. The SMILES string of the molecule is CN=C(NCCc1cccc(C(=O)NC)c1)NCCN1C(=O)CNC1=O.I.